The Balaban J connectivity index is 2.17. The number of nitrogens with zero attached hydrogens (tertiary/aromatic N) is 1. The molecule has 82 valence electrons. The number of anilines is 2. The Morgan fingerprint density at radius 1 is 1.73 bits per heavy atom. The van der Waals surface area contributed by atoms with E-state index in [4.69, 9.17) is 10.5 Å². The Morgan fingerprint density at radius 3 is 3.20 bits per heavy atom. The number of rotatable bonds is 2. The Kier molecular flexibility index (Phi) is 2.59. The summed E-state index contributed by atoms with van der Waals surface area (Å²) in [6.07, 6.45) is 2.35. The number of hydrogen-bond acceptors (Lipinski definition) is 5. The Hall–Kier alpha value is -1.56. The third-order valence-corrected chi connectivity index (χ3v) is 2.59. The SMILES string of the molecule is CC1OCCC1Nc1nc[nH]c(=O)c1N. The monoisotopic (exact) mass is 210 g/mol. The molecular weight excluding hydrogens is 196 g/mol. The van der Waals surface area contributed by atoms with Crippen molar-refractivity contribution in [1.82, 2.24) is 9.97 Å². The van der Waals surface area contributed by atoms with Crippen molar-refractivity contribution in [3.05, 3.63) is 16.7 Å². The molecule has 0 bridgehead atoms. The number of nitrogen functional groups attached to an aromatic ring is 1. The van der Waals surface area contributed by atoms with E-state index in [1.54, 1.807) is 0 Å². The van der Waals surface area contributed by atoms with Crippen molar-refractivity contribution in [1.29, 1.82) is 0 Å². The summed E-state index contributed by atoms with van der Waals surface area (Å²) in [5, 5.41) is 3.12. The molecule has 0 amide bonds. The van der Waals surface area contributed by atoms with Gasteiger partial charge in [-0.25, -0.2) is 4.98 Å². The topological polar surface area (TPSA) is 93.0 Å². The molecule has 1 aliphatic rings. The maximum absolute atomic E-state index is 11.2. The molecule has 1 fully saturated rings. The normalized spacial score (nSPS) is 25.4. The lowest BCUT2D eigenvalue weighted by atomic mass is 10.1. The highest BCUT2D eigenvalue weighted by Crippen LogP contribution is 2.18. The van der Waals surface area contributed by atoms with Gasteiger partial charge < -0.3 is 20.8 Å². The average molecular weight is 210 g/mol. The van der Waals surface area contributed by atoms with Crippen molar-refractivity contribution in [3.8, 4) is 0 Å². The lowest BCUT2D eigenvalue weighted by molar-refractivity contribution is 0.121. The van der Waals surface area contributed by atoms with Crippen LogP contribution >= 0.6 is 0 Å². The van der Waals surface area contributed by atoms with Crippen LogP contribution in [0.5, 0.6) is 0 Å². The number of nitrogens with two attached hydrogens (primary N) is 1. The second-order valence-electron chi connectivity index (χ2n) is 3.61. The van der Waals surface area contributed by atoms with E-state index < -0.39 is 0 Å². The van der Waals surface area contributed by atoms with Crippen molar-refractivity contribution < 1.29 is 4.74 Å². The molecule has 2 rings (SSSR count). The largest absolute Gasteiger partial charge is 0.391 e. The van der Waals surface area contributed by atoms with Gasteiger partial charge in [-0.15, -0.1) is 0 Å². The smallest absolute Gasteiger partial charge is 0.276 e. The minimum atomic E-state index is -0.320. The van der Waals surface area contributed by atoms with Gasteiger partial charge >= 0.3 is 0 Å². The summed E-state index contributed by atoms with van der Waals surface area (Å²) in [6.45, 7) is 2.70. The van der Waals surface area contributed by atoms with E-state index in [-0.39, 0.29) is 23.4 Å². The van der Waals surface area contributed by atoms with Gasteiger partial charge in [0.05, 0.1) is 18.5 Å². The molecule has 0 aromatic carbocycles. The van der Waals surface area contributed by atoms with Gasteiger partial charge in [-0.3, -0.25) is 4.79 Å². The van der Waals surface area contributed by atoms with Crippen molar-refractivity contribution in [2.75, 3.05) is 17.7 Å². The predicted molar refractivity (Wildman–Crippen MR) is 56.7 cm³/mol. The van der Waals surface area contributed by atoms with Crippen LogP contribution in [0.3, 0.4) is 0 Å². The van der Waals surface area contributed by atoms with E-state index >= 15 is 0 Å². The Morgan fingerprint density at radius 2 is 2.53 bits per heavy atom. The molecule has 2 unspecified atom stereocenters. The molecule has 0 radical (unpaired) electrons. The van der Waals surface area contributed by atoms with Crippen LogP contribution in [0, 0.1) is 0 Å². The first-order valence-corrected chi connectivity index (χ1v) is 4.90. The second-order valence-corrected chi connectivity index (χ2v) is 3.61. The minimum absolute atomic E-state index is 0.116. The fourth-order valence-corrected chi connectivity index (χ4v) is 1.62. The average Bonchev–Trinajstić information content (AvgIpc) is 2.60. The molecule has 4 N–H and O–H groups in total. The first-order valence-electron chi connectivity index (χ1n) is 4.90. The number of aromatic nitrogens is 2. The third kappa shape index (κ3) is 1.94. The van der Waals surface area contributed by atoms with Crippen molar-refractivity contribution >= 4 is 11.5 Å². The number of nitrogens with one attached hydrogen (secondary N) is 2. The Bertz CT molecular complexity index is 403. The molecule has 0 saturated carbocycles. The summed E-state index contributed by atoms with van der Waals surface area (Å²) in [4.78, 5) is 17.6. The summed E-state index contributed by atoms with van der Waals surface area (Å²) in [5.41, 5.74) is 5.40. The second kappa shape index (κ2) is 3.90. The number of hydrogen-bond donors (Lipinski definition) is 3. The molecule has 6 heteroatoms. The van der Waals surface area contributed by atoms with Crippen LogP contribution in [0.1, 0.15) is 13.3 Å². The molecule has 15 heavy (non-hydrogen) atoms. The molecule has 6 nitrogen and oxygen atoms in total. The van der Waals surface area contributed by atoms with Crippen LogP contribution in [0.4, 0.5) is 11.5 Å². The van der Waals surface area contributed by atoms with Crippen molar-refractivity contribution in [2.45, 2.75) is 25.5 Å². The molecule has 0 spiro atoms. The van der Waals surface area contributed by atoms with Gasteiger partial charge in [-0.05, 0) is 13.3 Å². The van der Waals surface area contributed by atoms with Gasteiger partial charge in [0, 0.05) is 6.61 Å². The van der Waals surface area contributed by atoms with E-state index in [1.165, 1.54) is 6.33 Å². The number of H-pyrrole nitrogens is 1. The van der Waals surface area contributed by atoms with E-state index in [1.807, 2.05) is 6.92 Å². The summed E-state index contributed by atoms with van der Waals surface area (Å²) >= 11 is 0. The van der Waals surface area contributed by atoms with E-state index in [9.17, 15) is 4.79 Å². The van der Waals surface area contributed by atoms with Crippen LogP contribution in [0.2, 0.25) is 0 Å². The molecule has 1 aromatic heterocycles. The van der Waals surface area contributed by atoms with Gasteiger partial charge in [-0.2, -0.15) is 0 Å². The number of aromatic amines is 1. The van der Waals surface area contributed by atoms with Gasteiger partial charge in [0.15, 0.2) is 5.82 Å². The fraction of sp³-hybridized carbons (Fsp3) is 0.556. The van der Waals surface area contributed by atoms with Crippen molar-refractivity contribution in [2.24, 2.45) is 0 Å². The zero-order valence-corrected chi connectivity index (χ0v) is 8.49. The minimum Gasteiger partial charge on any atom is -0.391 e. The van der Waals surface area contributed by atoms with E-state index in [2.05, 4.69) is 15.3 Å². The molecule has 1 aromatic rings. The van der Waals surface area contributed by atoms with Crippen LogP contribution < -0.4 is 16.6 Å². The van der Waals surface area contributed by atoms with E-state index in [0.717, 1.165) is 13.0 Å². The van der Waals surface area contributed by atoms with Crippen LogP contribution in [0.15, 0.2) is 11.1 Å². The van der Waals surface area contributed by atoms with Gasteiger partial charge in [-0.1, -0.05) is 0 Å². The highest BCUT2D eigenvalue weighted by Gasteiger charge is 2.25. The highest BCUT2D eigenvalue weighted by atomic mass is 16.5. The lowest BCUT2D eigenvalue weighted by Gasteiger charge is -2.16. The standard InChI is InChI=1S/C9H14N4O2/c1-5-6(2-3-15-5)13-8-7(10)9(14)12-4-11-8/h4-6H,2-3,10H2,1H3,(H2,11,12,13,14). The Labute approximate surface area is 86.9 Å². The molecule has 0 aliphatic carbocycles. The van der Waals surface area contributed by atoms with Crippen LogP contribution in [-0.4, -0.2) is 28.7 Å². The first-order chi connectivity index (χ1) is 7.18. The highest BCUT2D eigenvalue weighted by molar-refractivity contribution is 5.59. The van der Waals surface area contributed by atoms with Gasteiger partial charge in [0.2, 0.25) is 0 Å². The van der Waals surface area contributed by atoms with Gasteiger partial charge in [0.25, 0.3) is 5.56 Å². The maximum atomic E-state index is 11.2. The lowest BCUT2D eigenvalue weighted by Crippen LogP contribution is -2.29. The zero-order chi connectivity index (χ0) is 10.8. The zero-order valence-electron chi connectivity index (χ0n) is 8.49. The first kappa shape index (κ1) is 9.97. The third-order valence-electron chi connectivity index (χ3n) is 2.59. The molecular formula is C9H14N4O2. The molecule has 2 heterocycles. The van der Waals surface area contributed by atoms with Crippen LogP contribution in [0.25, 0.3) is 0 Å². The van der Waals surface area contributed by atoms with Crippen LogP contribution in [-0.2, 0) is 4.74 Å². The summed E-state index contributed by atoms with van der Waals surface area (Å²) in [5.74, 6) is 0.432. The van der Waals surface area contributed by atoms with E-state index in [0.29, 0.717) is 5.82 Å². The molecule has 1 aliphatic heterocycles. The summed E-state index contributed by atoms with van der Waals surface area (Å²) < 4.78 is 5.39. The molecule has 2 atom stereocenters. The summed E-state index contributed by atoms with van der Waals surface area (Å²) in [7, 11) is 0. The quantitative estimate of drug-likeness (QED) is 0.636. The van der Waals surface area contributed by atoms with Gasteiger partial charge in [0.1, 0.15) is 5.69 Å². The fourth-order valence-electron chi connectivity index (χ4n) is 1.62. The maximum Gasteiger partial charge on any atom is 0.276 e. The predicted octanol–water partition coefficient (Wildman–Crippen LogP) is -0.0586. The van der Waals surface area contributed by atoms with Crippen molar-refractivity contribution in [3.63, 3.8) is 0 Å². The number of ether oxygens (including phenoxy) is 1. The summed E-state index contributed by atoms with van der Waals surface area (Å²) in [6, 6.07) is 0.168. The molecule has 1 saturated heterocycles.